The molecule has 1 atom stereocenters. The van der Waals surface area contributed by atoms with Crippen LogP contribution < -0.4 is 4.74 Å². The van der Waals surface area contributed by atoms with Crippen LogP contribution in [0.4, 0.5) is 0 Å². The molecule has 1 aromatic rings. The Bertz CT molecular complexity index is 373. The van der Waals surface area contributed by atoms with E-state index in [-0.39, 0.29) is 0 Å². The van der Waals surface area contributed by atoms with E-state index in [0.29, 0.717) is 6.04 Å². The van der Waals surface area contributed by atoms with E-state index in [4.69, 9.17) is 4.74 Å². The Morgan fingerprint density at radius 1 is 1.44 bits per heavy atom. The van der Waals surface area contributed by atoms with Crippen LogP contribution in [0.1, 0.15) is 18.9 Å². The highest BCUT2D eigenvalue weighted by Crippen LogP contribution is 2.24. The molecule has 0 amide bonds. The number of halogens is 1. The maximum Gasteiger partial charge on any atom is 0.119 e. The van der Waals surface area contributed by atoms with Gasteiger partial charge in [0.15, 0.2) is 0 Å². The van der Waals surface area contributed by atoms with Crippen LogP contribution in [0.25, 0.3) is 0 Å². The monoisotopic (exact) mass is 331 g/mol. The van der Waals surface area contributed by atoms with Gasteiger partial charge in [-0.15, -0.1) is 0 Å². The molecule has 1 unspecified atom stereocenters. The molecule has 0 saturated heterocycles. The predicted octanol–water partition coefficient (Wildman–Crippen LogP) is 4.03. The van der Waals surface area contributed by atoms with E-state index in [1.165, 1.54) is 17.7 Å². The van der Waals surface area contributed by atoms with E-state index in [1.54, 1.807) is 7.11 Å². The highest BCUT2D eigenvalue weighted by molar-refractivity contribution is 9.10. The quantitative estimate of drug-likeness (QED) is 0.748. The standard InChI is InChI=1S/C14H22BrNOS/c1-5-12(10-18-4)16(2)9-11-8-13(17-3)6-7-14(11)15/h6-8,12H,5,9-10H2,1-4H3. The summed E-state index contributed by atoms with van der Waals surface area (Å²) in [5, 5.41) is 0. The van der Waals surface area contributed by atoms with Crippen molar-refractivity contribution in [2.75, 3.05) is 26.2 Å². The Labute approximate surface area is 123 Å². The van der Waals surface area contributed by atoms with Gasteiger partial charge in [0.25, 0.3) is 0 Å². The van der Waals surface area contributed by atoms with Gasteiger partial charge < -0.3 is 4.74 Å². The summed E-state index contributed by atoms with van der Waals surface area (Å²) in [6.07, 6.45) is 3.34. The van der Waals surface area contributed by atoms with Crippen LogP contribution in [0.5, 0.6) is 5.75 Å². The molecule has 102 valence electrons. The fourth-order valence-electron chi connectivity index (χ4n) is 1.95. The second kappa shape index (κ2) is 8.08. The lowest BCUT2D eigenvalue weighted by Gasteiger charge is -2.27. The van der Waals surface area contributed by atoms with Crippen LogP contribution >= 0.6 is 27.7 Å². The average Bonchev–Trinajstić information content (AvgIpc) is 2.38. The van der Waals surface area contributed by atoms with Crippen LogP contribution in [0, 0.1) is 0 Å². The van der Waals surface area contributed by atoms with Crippen molar-refractivity contribution in [3.8, 4) is 5.75 Å². The van der Waals surface area contributed by atoms with E-state index in [2.05, 4.69) is 53.2 Å². The van der Waals surface area contributed by atoms with E-state index >= 15 is 0 Å². The fourth-order valence-corrected chi connectivity index (χ4v) is 3.19. The highest BCUT2D eigenvalue weighted by atomic mass is 79.9. The topological polar surface area (TPSA) is 12.5 Å². The highest BCUT2D eigenvalue weighted by Gasteiger charge is 2.14. The lowest BCUT2D eigenvalue weighted by atomic mass is 10.1. The molecule has 0 spiro atoms. The SMILES string of the molecule is CCC(CSC)N(C)Cc1cc(OC)ccc1Br. The summed E-state index contributed by atoms with van der Waals surface area (Å²) in [6.45, 7) is 3.19. The molecule has 0 aliphatic carbocycles. The normalized spacial score (nSPS) is 12.8. The molecule has 0 aliphatic heterocycles. The van der Waals surface area contributed by atoms with Gasteiger partial charge in [0.2, 0.25) is 0 Å². The largest absolute Gasteiger partial charge is 0.497 e. The first kappa shape index (κ1) is 15.9. The molecule has 2 nitrogen and oxygen atoms in total. The molecular formula is C14H22BrNOS. The van der Waals surface area contributed by atoms with Crippen molar-refractivity contribution < 1.29 is 4.74 Å². The lowest BCUT2D eigenvalue weighted by Crippen LogP contribution is -2.32. The van der Waals surface area contributed by atoms with Crippen molar-refractivity contribution in [1.82, 2.24) is 4.90 Å². The average molecular weight is 332 g/mol. The molecule has 18 heavy (non-hydrogen) atoms. The molecule has 0 radical (unpaired) electrons. The van der Waals surface area contributed by atoms with Gasteiger partial charge in [-0.1, -0.05) is 22.9 Å². The minimum absolute atomic E-state index is 0.623. The molecule has 4 heteroatoms. The number of hydrogen-bond acceptors (Lipinski definition) is 3. The van der Waals surface area contributed by atoms with E-state index in [0.717, 1.165) is 16.8 Å². The predicted molar refractivity (Wildman–Crippen MR) is 84.6 cm³/mol. The summed E-state index contributed by atoms with van der Waals surface area (Å²) >= 11 is 5.52. The van der Waals surface area contributed by atoms with Crippen molar-refractivity contribution in [3.05, 3.63) is 28.2 Å². The number of rotatable bonds is 7. The molecule has 0 heterocycles. The Kier molecular flexibility index (Phi) is 7.12. The van der Waals surface area contributed by atoms with Gasteiger partial charge in [-0.3, -0.25) is 4.90 Å². The van der Waals surface area contributed by atoms with Crippen molar-refractivity contribution in [2.24, 2.45) is 0 Å². The summed E-state index contributed by atoms with van der Waals surface area (Å²) in [7, 11) is 3.90. The summed E-state index contributed by atoms with van der Waals surface area (Å²) in [6, 6.07) is 6.76. The zero-order chi connectivity index (χ0) is 13.5. The third kappa shape index (κ3) is 4.48. The van der Waals surface area contributed by atoms with Gasteiger partial charge >= 0.3 is 0 Å². The van der Waals surface area contributed by atoms with E-state index in [9.17, 15) is 0 Å². The van der Waals surface area contributed by atoms with Crippen molar-refractivity contribution in [3.63, 3.8) is 0 Å². The third-order valence-corrected chi connectivity index (χ3v) is 4.62. The van der Waals surface area contributed by atoms with Crippen molar-refractivity contribution >= 4 is 27.7 Å². The zero-order valence-electron chi connectivity index (χ0n) is 11.6. The first-order valence-electron chi connectivity index (χ1n) is 6.14. The molecular weight excluding hydrogens is 310 g/mol. The smallest absolute Gasteiger partial charge is 0.119 e. The van der Waals surface area contributed by atoms with Crippen molar-refractivity contribution in [2.45, 2.75) is 25.9 Å². The van der Waals surface area contributed by atoms with Gasteiger partial charge in [-0.2, -0.15) is 11.8 Å². The first-order chi connectivity index (χ1) is 8.62. The maximum absolute atomic E-state index is 5.28. The Morgan fingerprint density at radius 2 is 2.17 bits per heavy atom. The molecule has 0 aliphatic rings. The number of hydrogen-bond donors (Lipinski definition) is 0. The van der Waals surface area contributed by atoms with Crippen LogP contribution in [-0.4, -0.2) is 37.1 Å². The fraction of sp³-hybridized carbons (Fsp3) is 0.571. The Hall–Kier alpha value is -0.190. The molecule has 0 fully saturated rings. The number of benzene rings is 1. The maximum atomic E-state index is 5.28. The van der Waals surface area contributed by atoms with E-state index in [1.807, 2.05) is 17.8 Å². The van der Waals surface area contributed by atoms with Gasteiger partial charge in [0, 0.05) is 22.8 Å². The minimum atomic E-state index is 0.623. The van der Waals surface area contributed by atoms with Gasteiger partial charge in [-0.25, -0.2) is 0 Å². The Balaban J connectivity index is 2.76. The van der Waals surface area contributed by atoms with Crippen molar-refractivity contribution in [1.29, 1.82) is 0 Å². The summed E-state index contributed by atoms with van der Waals surface area (Å²) in [4.78, 5) is 2.41. The third-order valence-electron chi connectivity index (χ3n) is 3.13. The van der Waals surface area contributed by atoms with Crippen LogP contribution in [0.15, 0.2) is 22.7 Å². The zero-order valence-corrected chi connectivity index (χ0v) is 14.0. The summed E-state index contributed by atoms with van der Waals surface area (Å²) < 4.78 is 6.43. The van der Waals surface area contributed by atoms with Gasteiger partial charge in [0.1, 0.15) is 5.75 Å². The van der Waals surface area contributed by atoms with Gasteiger partial charge in [0.05, 0.1) is 7.11 Å². The lowest BCUT2D eigenvalue weighted by molar-refractivity contribution is 0.247. The van der Waals surface area contributed by atoms with Crippen LogP contribution in [0.2, 0.25) is 0 Å². The molecule has 1 aromatic carbocycles. The summed E-state index contributed by atoms with van der Waals surface area (Å²) in [5.41, 5.74) is 1.27. The molecule has 1 rings (SSSR count). The molecule has 0 bridgehead atoms. The molecule has 0 aromatic heterocycles. The number of thioether (sulfide) groups is 1. The van der Waals surface area contributed by atoms with Gasteiger partial charge in [-0.05, 0) is 43.5 Å². The number of methoxy groups -OCH3 is 1. The van der Waals surface area contributed by atoms with Crippen LogP contribution in [-0.2, 0) is 6.54 Å². The number of ether oxygens (including phenoxy) is 1. The second-order valence-corrected chi connectivity index (χ2v) is 6.15. The molecule has 0 saturated carbocycles. The first-order valence-corrected chi connectivity index (χ1v) is 8.32. The molecule has 0 N–H and O–H groups in total. The second-order valence-electron chi connectivity index (χ2n) is 4.39. The summed E-state index contributed by atoms with van der Waals surface area (Å²) in [5.74, 6) is 2.09. The Morgan fingerprint density at radius 3 is 2.72 bits per heavy atom. The minimum Gasteiger partial charge on any atom is -0.497 e. The van der Waals surface area contributed by atoms with E-state index < -0.39 is 0 Å². The van der Waals surface area contributed by atoms with Crippen LogP contribution in [0.3, 0.4) is 0 Å². The number of nitrogens with zero attached hydrogens (tertiary/aromatic N) is 1.